The minimum absolute atomic E-state index is 0.0204. The number of nitrogens with one attached hydrogen (secondary N) is 2. The third-order valence-corrected chi connectivity index (χ3v) is 3.47. The van der Waals surface area contributed by atoms with E-state index in [4.69, 9.17) is 15.9 Å². The van der Waals surface area contributed by atoms with Crippen LogP contribution in [0.25, 0.3) is 0 Å². The lowest BCUT2D eigenvalue weighted by atomic mass is 10.4. The molecule has 0 heterocycles. The third kappa shape index (κ3) is 7.59. The summed E-state index contributed by atoms with van der Waals surface area (Å²) in [5.41, 5.74) is 5.18. The summed E-state index contributed by atoms with van der Waals surface area (Å²) < 4.78 is 35.8. The Bertz CT molecular complexity index is 397. The summed E-state index contributed by atoms with van der Waals surface area (Å²) in [5, 5.41) is 7.09. The van der Waals surface area contributed by atoms with E-state index in [1.165, 1.54) is 7.11 Å². The second-order valence-electron chi connectivity index (χ2n) is 3.49. The summed E-state index contributed by atoms with van der Waals surface area (Å²) in [6, 6.07) is 0. The van der Waals surface area contributed by atoms with Crippen molar-refractivity contribution < 1.29 is 22.7 Å². The number of carbonyl (C=O) groups excluding carboxylic acids is 1. The first kappa shape index (κ1) is 17.6. The van der Waals surface area contributed by atoms with Gasteiger partial charge in [-0.2, -0.15) is 12.7 Å². The Morgan fingerprint density at radius 3 is 2.53 bits per heavy atom. The van der Waals surface area contributed by atoms with Crippen LogP contribution in [-0.4, -0.2) is 58.1 Å². The molecule has 0 fully saturated rings. The van der Waals surface area contributed by atoms with Crippen molar-refractivity contribution >= 4 is 22.1 Å². The molecule has 0 aromatic rings. The second-order valence-corrected chi connectivity index (χ2v) is 5.17. The van der Waals surface area contributed by atoms with E-state index in [9.17, 15) is 13.2 Å². The highest BCUT2D eigenvalue weighted by molar-refractivity contribution is 7.87. The van der Waals surface area contributed by atoms with E-state index in [2.05, 4.69) is 4.74 Å². The lowest BCUT2D eigenvalue weighted by molar-refractivity contribution is 0.156. The SMILES string of the molecule is CCOC(=O)NS(=O)(=O)N(CCOC)CCC(=N)N. The number of nitrogens with zero attached hydrogens (tertiary/aromatic N) is 1. The van der Waals surface area contributed by atoms with Crippen molar-refractivity contribution in [3.63, 3.8) is 0 Å². The molecule has 0 radical (unpaired) electrons. The summed E-state index contributed by atoms with van der Waals surface area (Å²) in [6.07, 6.45) is -0.985. The normalized spacial score (nSPS) is 11.3. The van der Waals surface area contributed by atoms with Crippen LogP contribution in [0.5, 0.6) is 0 Å². The highest BCUT2D eigenvalue weighted by Crippen LogP contribution is 2.00. The number of rotatable bonds is 9. The van der Waals surface area contributed by atoms with E-state index >= 15 is 0 Å². The molecule has 0 aromatic heterocycles. The smallest absolute Gasteiger partial charge is 0.421 e. The summed E-state index contributed by atoms with van der Waals surface area (Å²) in [7, 11) is -2.61. The summed E-state index contributed by atoms with van der Waals surface area (Å²) in [4.78, 5) is 11.1. The predicted molar refractivity (Wildman–Crippen MR) is 69.1 cm³/mol. The molecule has 0 aliphatic carbocycles. The van der Waals surface area contributed by atoms with Crippen molar-refractivity contribution in [2.75, 3.05) is 33.4 Å². The van der Waals surface area contributed by atoms with Crippen LogP contribution in [0.15, 0.2) is 0 Å². The Labute approximate surface area is 112 Å². The number of hydrogen-bond acceptors (Lipinski definition) is 6. The van der Waals surface area contributed by atoms with Gasteiger partial charge in [0.25, 0.3) is 0 Å². The molecular weight excluding hydrogens is 276 g/mol. The lowest BCUT2D eigenvalue weighted by Crippen LogP contribution is -2.46. The van der Waals surface area contributed by atoms with Gasteiger partial charge in [-0.3, -0.25) is 5.41 Å². The molecule has 4 N–H and O–H groups in total. The van der Waals surface area contributed by atoms with Gasteiger partial charge < -0.3 is 15.2 Å². The van der Waals surface area contributed by atoms with Crippen molar-refractivity contribution in [3.05, 3.63) is 0 Å². The van der Waals surface area contributed by atoms with Gasteiger partial charge in [0.2, 0.25) is 0 Å². The Balaban J connectivity index is 4.69. The molecule has 0 saturated carbocycles. The highest BCUT2D eigenvalue weighted by atomic mass is 32.2. The molecular formula is C9H20N4O5S. The molecule has 0 rings (SSSR count). The molecule has 19 heavy (non-hydrogen) atoms. The minimum Gasteiger partial charge on any atom is -0.449 e. The Hall–Kier alpha value is -1.39. The van der Waals surface area contributed by atoms with Crippen molar-refractivity contribution in [2.45, 2.75) is 13.3 Å². The van der Waals surface area contributed by atoms with Gasteiger partial charge in [-0.05, 0) is 6.92 Å². The van der Waals surface area contributed by atoms with Crippen LogP contribution in [0.2, 0.25) is 0 Å². The van der Waals surface area contributed by atoms with Crippen molar-refractivity contribution in [2.24, 2.45) is 5.73 Å². The number of carbonyl (C=O) groups is 1. The largest absolute Gasteiger partial charge is 0.449 e. The average Bonchev–Trinajstić information content (AvgIpc) is 2.27. The maximum atomic E-state index is 11.9. The third-order valence-electron chi connectivity index (χ3n) is 2.00. The molecule has 1 amide bonds. The standard InChI is InChI=1S/C9H20N4O5S/c1-3-18-9(14)12-19(15,16)13(6-7-17-2)5-4-8(10)11/h3-7H2,1-2H3,(H3,10,11)(H,12,14). The summed E-state index contributed by atoms with van der Waals surface area (Å²) in [6.45, 7) is 1.80. The first-order valence-corrected chi connectivity index (χ1v) is 7.04. The van der Waals surface area contributed by atoms with Gasteiger partial charge >= 0.3 is 16.3 Å². The number of amides is 1. The zero-order valence-corrected chi connectivity index (χ0v) is 11.8. The second kappa shape index (κ2) is 8.67. The molecule has 0 aliphatic heterocycles. The van der Waals surface area contributed by atoms with Crippen molar-refractivity contribution in [3.8, 4) is 0 Å². The zero-order chi connectivity index (χ0) is 14.9. The fourth-order valence-corrected chi connectivity index (χ4v) is 2.17. The Morgan fingerprint density at radius 2 is 2.05 bits per heavy atom. The molecule has 0 aromatic carbocycles. The highest BCUT2D eigenvalue weighted by Gasteiger charge is 2.24. The van der Waals surface area contributed by atoms with Gasteiger partial charge in [0.05, 0.1) is 19.0 Å². The molecule has 112 valence electrons. The van der Waals surface area contributed by atoms with Crippen LogP contribution in [0, 0.1) is 5.41 Å². The van der Waals surface area contributed by atoms with E-state index in [0.29, 0.717) is 0 Å². The molecule has 0 spiro atoms. The average molecular weight is 296 g/mol. The van der Waals surface area contributed by atoms with Crippen LogP contribution in [0.3, 0.4) is 0 Å². The fraction of sp³-hybridized carbons (Fsp3) is 0.778. The van der Waals surface area contributed by atoms with E-state index in [1.807, 2.05) is 0 Å². The van der Waals surface area contributed by atoms with Crippen LogP contribution in [0.4, 0.5) is 4.79 Å². The molecule has 0 saturated heterocycles. The van der Waals surface area contributed by atoms with Crippen molar-refractivity contribution in [1.82, 2.24) is 9.03 Å². The van der Waals surface area contributed by atoms with Gasteiger partial charge in [-0.25, -0.2) is 9.52 Å². The Morgan fingerprint density at radius 1 is 1.42 bits per heavy atom. The summed E-state index contributed by atoms with van der Waals surface area (Å²) >= 11 is 0. The monoisotopic (exact) mass is 296 g/mol. The number of methoxy groups -OCH3 is 1. The first-order valence-electron chi connectivity index (χ1n) is 5.60. The van der Waals surface area contributed by atoms with Crippen LogP contribution < -0.4 is 10.5 Å². The van der Waals surface area contributed by atoms with E-state index < -0.39 is 16.3 Å². The van der Waals surface area contributed by atoms with Crippen LogP contribution in [0.1, 0.15) is 13.3 Å². The quantitative estimate of drug-likeness (QED) is 0.378. The predicted octanol–water partition coefficient (Wildman–Crippen LogP) is -0.748. The van der Waals surface area contributed by atoms with E-state index in [1.54, 1.807) is 11.6 Å². The summed E-state index contributed by atoms with van der Waals surface area (Å²) in [5.74, 6) is -0.145. The molecule has 9 nitrogen and oxygen atoms in total. The molecule has 0 unspecified atom stereocenters. The van der Waals surface area contributed by atoms with E-state index in [-0.39, 0.29) is 38.6 Å². The van der Waals surface area contributed by atoms with E-state index in [0.717, 1.165) is 4.31 Å². The zero-order valence-electron chi connectivity index (χ0n) is 11.0. The molecule has 0 aliphatic rings. The molecule has 10 heteroatoms. The maximum absolute atomic E-state index is 11.9. The van der Waals surface area contributed by atoms with Gasteiger partial charge in [-0.15, -0.1) is 0 Å². The topological polar surface area (TPSA) is 135 Å². The number of ether oxygens (including phenoxy) is 2. The van der Waals surface area contributed by atoms with Gasteiger partial charge in [0.1, 0.15) is 0 Å². The maximum Gasteiger partial charge on any atom is 0.421 e. The molecule has 0 atom stereocenters. The Kier molecular flexibility index (Phi) is 8.03. The van der Waals surface area contributed by atoms with Crippen LogP contribution >= 0.6 is 0 Å². The van der Waals surface area contributed by atoms with Crippen LogP contribution in [-0.2, 0) is 19.7 Å². The number of hydrogen-bond donors (Lipinski definition) is 3. The fourth-order valence-electron chi connectivity index (χ4n) is 1.12. The number of amidine groups is 1. The minimum atomic E-state index is -4.04. The number of nitrogens with two attached hydrogens (primary N) is 1. The van der Waals surface area contributed by atoms with Gasteiger partial charge in [0.15, 0.2) is 0 Å². The van der Waals surface area contributed by atoms with Crippen molar-refractivity contribution in [1.29, 1.82) is 5.41 Å². The molecule has 0 bridgehead atoms. The lowest BCUT2D eigenvalue weighted by Gasteiger charge is -2.21. The van der Waals surface area contributed by atoms with Gasteiger partial charge in [-0.1, -0.05) is 0 Å². The first-order chi connectivity index (χ1) is 8.83. The van der Waals surface area contributed by atoms with Gasteiger partial charge in [0, 0.05) is 26.6 Å².